The smallest absolute Gasteiger partial charge is 0.347 e. The topological polar surface area (TPSA) is 190 Å². The first-order chi connectivity index (χ1) is 15.4. The van der Waals surface area contributed by atoms with E-state index in [0.717, 1.165) is 24.3 Å². The fourth-order valence-corrected chi connectivity index (χ4v) is 3.78. The highest BCUT2D eigenvalue weighted by Crippen LogP contribution is 2.32. The maximum Gasteiger partial charge on any atom is 0.347 e. The van der Waals surface area contributed by atoms with Gasteiger partial charge in [-0.3, -0.25) is 4.55 Å². The molecule has 0 unspecified atom stereocenters. The number of carbonyl (C=O) groups is 1. The Morgan fingerprint density at radius 1 is 1.06 bits per heavy atom. The van der Waals surface area contributed by atoms with Crippen molar-refractivity contribution in [2.75, 3.05) is 0 Å². The summed E-state index contributed by atoms with van der Waals surface area (Å²) < 4.78 is 43.9. The van der Waals surface area contributed by atoms with Crippen LogP contribution in [0.2, 0.25) is 5.02 Å². The van der Waals surface area contributed by atoms with Crippen LogP contribution >= 0.6 is 11.6 Å². The molecule has 0 saturated carbocycles. The molecule has 172 valence electrons. The molecule has 0 fully saturated rings. The van der Waals surface area contributed by atoms with Crippen molar-refractivity contribution in [3.63, 3.8) is 0 Å². The third-order valence-electron chi connectivity index (χ3n) is 4.41. The average Bonchev–Trinajstić information content (AvgIpc) is 3.27. The van der Waals surface area contributed by atoms with Crippen LogP contribution in [-0.4, -0.2) is 39.0 Å². The van der Waals surface area contributed by atoms with E-state index < -0.39 is 50.5 Å². The van der Waals surface area contributed by atoms with Gasteiger partial charge in [0.25, 0.3) is 10.1 Å². The number of furan rings is 1. The minimum absolute atomic E-state index is 0.0117. The Hall–Kier alpha value is -3.94. The summed E-state index contributed by atoms with van der Waals surface area (Å²) in [6.45, 7) is 0. The zero-order valence-corrected chi connectivity index (χ0v) is 17.6. The van der Waals surface area contributed by atoms with Gasteiger partial charge < -0.3 is 29.0 Å². The second kappa shape index (κ2) is 7.88. The molecule has 0 aliphatic rings. The van der Waals surface area contributed by atoms with Gasteiger partial charge in [-0.2, -0.15) is 8.42 Å². The van der Waals surface area contributed by atoms with Gasteiger partial charge in [0, 0.05) is 29.7 Å². The van der Waals surface area contributed by atoms with Gasteiger partial charge in [-0.25, -0.2) is 9.59 Å². The monoisotopic (exact) mass is 497 g/mol. The zero-order chi connectivity index (χ0) is 24.1. The number of carbonyl (C=O) groups excluding carboxylic acids is 1. The van der Waals surface area contributed by atoms with Crippen LogP contribution in [0.5, 0.6) is 17.5 Å². The lowest BCUT2D eigenvalue weighted by Crippen LogP contribution is -2.21. The molecular weight excluding hydrogens is 486 g/mol. The molecular formula is C19H12ClNO11S. The first-order valence-electron chi connectivity index (χ1n) is 8.82. The van der Waals surface area contributed by atoms with E-state index in [4.69, 9.17) is 25.3 Å². The third-order valence-corrected chi connectivity index (χ3v) is 5.61. The van der Waals surface area contributed by atoms with Gasteiger partial charge in [0.15, 0.2) is 0 Å². The Morgan fingerprint density at radius 3 is 2.36 bits per heavy atom. The molecule has 0 bridgehead atoms. The summed E-state index contributed by atoms with van der Waals surface area (Å²) in [5, 5.41) is 28.9. The largest absolute Gasteiger partial charge is 0.506 e. The van der Waals surface area contributed by atoms with Gasteiger partial charge in [-0.1, -0.05) is 11.6 Å². The van der Waals surface area contributed by atoms with E-state index in [1.165, 1.54) is 12.1 Å². The highest BCUT2D eigenvalue weighted by Gasteiger charge is 2.27. The molecule has 0 spiro atoms. The first kappa shape index (κ1) is 22.3. The lowest BCUT2D eigenvalue weighted by molar-refractivity contribution is -0.144. The predicted molar refractivity (Wildman–Crippen MR) is 110 cm³/mol. The fourth-order valence-electron chi connectivity index (χ4n) is 2.95. The molecule has 0 radical (unpaired) electrons. The molecule has 3 heterocycles. The van der Waals surface area contributed by atoms with Gasteiger partial charge >= 0.3 is 11.6 Å². The van der Waals surface area contributed by atoms with Gasteiger partial charge in [0.1, 0.15) is 39.7 Å². The molecule has 12 nitrogen and oxygen atoms in total. The van der Waals surface area contributed by atoms with Crippen molar-refractivity contribution in [2.45, 2.75) is 11.3 Å². The maximum absolute atomic E-state index is 12.4. The number of hydrogen-bond donors (Lipinski definition) is 4. The second-order valence-corrected chi connectivity index (χ2v) is 8.44. The number of phenols is 1. The minimum Gasteiger partial charge on any atom is -0.506 e. The van der Waals surface area contributed by atoms with Crippen LogP contribution in [0.25, 0.3) is 22.3 Å². The molecule has 1 aromatic carbocycles. The lowest BCUT2D eigenvalue weighted by atomic mass is 10.1. The quantitative estimate of drug-likeness (QED) is 0.233. The standard InChI is InChI=1S/C19H12ClNO11S/c20-10-4-8-3-9(19(26)31-12(8)5-11(10)22)13-6-15(33(27,28)29)14(30-13)7-18(25)32-21-16(23)1-2-17(21)24/h1-6,22-24H,7H2,(H,27,28,29). The van der Waals surface area contributed by atoms with Crippen LogP contribution in [0.3, 0.4) is 0 Å². The molecule has 4 N–H and O–H groups in total. The SMILES string of the molecule is O=C(Cc1oc(-c2cc3cc(Cl)c(O)cc3oc2=O)cc1S(=O)(=O)O)On1c(O)ccc1O. The van der Waals surface area contributed by atoms with E-state index >= 15 is 0 Å². The highest BCUT2D eigenvalue weighted by atomic mass is 35.5. The van der Waals surface area contributed by atoms with Crippen LogP contribution < -0.4 is 10.5 Å². The molecule has 4 rings (SSSR count). The van der Waals surface area contributed by atoms with Crippen LogP contribution in [0.15, 0.2) is 54.9 Å². The van der Waals surface area contributed by atoms with E-state index in [2.05, 4.69) is 0 Å². The Morgan fingerprint density at radius 2 is 1.73 bits per heavy atom. The van der Waals surface area contributed by atoms with E-state index in [1.807, 2.05) is 0 Å². The Balaban J connectivity index is 1.76. The number of halogens is 1. The number of aromatic nitrogens is 1. The molecule has 0 aliphatic heterocycles. The van der Waals surface area contributed by atoms with Crippen molar-refractivity contribution >= 4 is 38.7 Å². The number of rotatable bonds is 5. The first-order valence-corrected chi connectivity index (χ1v) is 10.6. The van der Waals surface area contributed by atoms with Crippen LogP contribution in [0.4, 0.5) is 0 Å². The third kappa shape index (κ3) is 4.24. The van der Waals surface area contributed by atoms with Crippen molar-refractivity contribution < 1.29 is 46.8 Å². The van der Waals surface area contributed by atoms with Crippen LogP contribution in [0.1, 0.15) is 5.76 Å². The van der Waals surface area contributed by atoms with Gasteiger partial charge in [-0.05, 0) is 12.1 Å². The summed E-state index contributed by atoms with van der Waals surface area (Å²) in [6.07, 6.45) is -0.870. The second-order valence-electron chi connectivity index (χ2n) is 6.65. The van der Waals surface area contributed by atoms with Crippen molar-refractivity contribution in [1.29, 1.82) is 0 Å². The summed E-state index contributed by atoms with van der Waals surface area (Å²) in [7, 11) is -4.91. The number of nitrogens with zero attached hydrogens (tertiary/aromatic N) is 1. The highest BCUT2D eigenvalue weighted by molar-refractivity contribution is 7.85. The molecule has 4 aromatic rings. The van der Waals surface area contributed by atoms with E-state index in [0.29, 0.717) is 4.73 Å². The summed E-state index contributed by atoms with van der Waals surface area (Å²) in [5.41, 5.74) is -1.26. The summed E-state index contributed by atoms with van der Waals surface area (Å²) in [4.78, 5) is 28.5. The number of phenolic OH excluding ortho intramolecular Hbond substituents is 1. The van der Waals surface area contributed by atoms with Crippen LogP contribution in [-0.2, 0) is 21.3 Å². The number of hydrogen-bond acceptors (Lipinski definition) is 10. The Bertz CT molecular complexity index is 1560. The average molecular weight is 498 g/mol. The van der Waals surface area contributed by atoms with Gasteiger partial charge in [-0.15, -0.1) is 4.73 Å². The number of aromatic hydroxyl groups is 3. The molecule has 3 aromatic heterocycles. The van der Waals surface area contributed by atoms with Crippen LogP contribution in [0, 0.1) is 0 Å². The van der Waals surface area contributed by atoms with Crippen molar-refractivity contribution in [3.8, 4) is 28.8 Å². The molecule has 0 aliphatic carbocycles. The Labute approximate surface area is 188 Å². The summed E-state index contributed by atoms with van der Waals surface area (Å²) >= 11 is 5.86. The van der Waals surface area contributed by atoms with Crippen molar-refractivity contribution in [3.05, 3.63) is 57.6 Å². The molecule has 0 saturated heterocycles. The molecule has 14 heteroatoms. The van der Waals surface area contributed by atoms with Gasteiger partial charge in [0.2, 0.25) is 11.8 Å². The lowest BCUT2D eigenvalue weighted by Gasteiger charge is -2.06. The molecule has 0 atom stereocenters. The summed E-state index contributed by atoms with van der Waals surface area (Å²) in [5.74, 6) is -3.70. The predicted octanol–water partition coefficient (Wildman–Crippen LogP) is 2.07. The Kier molecular flexibility index (Phi) is 5.32. The molecule has 0 amide bonds. The molecule has 33 heavy (non-hydrogen) atoms. The van der Waals surface area contributed by atoms with Gasteiger partial charge in [0.05, 0.1) is 5.02 Å². The van der Waals surface area contributed by atoms with E-state index in [1.54, 1.807) is 0 Å². The van der Waals surface area contributed by atoms with Crippen molar-refractivity contribution in [2.24, 2.45) is 0 Å². The number of benzene rings is 1. The van der Waals surface area contributed by atoms with E-state index in [-0.39, 0.29) is 33.1 Å². The van der Waals surface area contributed by atoms with Crippen molar-refractivity contribution in [1.82, 2.24) is 4.73 Å². The zero-order valence-electron chi connectivity index (χ0n) is 16.1. The minimum atomic E-state index is -4.91. The summed E-state index contributed by atoms with van der Waals surface area (Å²) in [6, 6.07) is 6.52. The van der Waals surface area contributed by atoms with E-state index in [9.17, 15) is 37.9 Å². The fraction of sp³-hybridized carbons (Fsp3) is 0.0526. The number of fused-ring (bicyclic) bond motifs is 1. The normalized spacial score (nSPS) is 11.7. The maximum atomic E-state index is 12.4.